The highest BCUT2D eigenvalue weighted by atomic mass is 79.9. The predicted octanol–water partition coefficient (Wildman–Crippen LogP) is 8.49. The number of allylic oxidation sites excluding steroid dienone is 4. The van der Waals surface area contributed by atoms with Gasteiger partial charge in [-0.15, -0.1) is 0 Å². The van der Waals surface area contributed by atoms with E-state index in [1.165, 1.54) is 46.3 Å². The van der Waals surface area contributed by atoms with Crippen LogP contribution in [0.4, 0.5) is 0 Å². The summed E-state index contributed by atoms with van der Waals surface area (Å²) in [6, 6.07) is 8.47. The van der Waals surface area contributed by atoms with Crippen LogP contribution in [0.1, 0.15) is 101 Å². The summed E-state index contributed by atoms with van der Waals surface area (Å²) in [6.07, 6.45) is 16.4. The van der Waals surface area contributed by atoms with E-state index in [1.807, 2.05) is 13.2 Å². The maximum Gasteiger partial charge on any atom is 0.339 e. The summed E-state index contributed by atoms with van der Waals surface area (Å²) in [7, 11) is 6.07. The van der Waals surface area contributed by atoms with Gasteiger partial charge in [0.1, 0.15) is 5.60 Å². The molecule has 1 aromatic carbocycles. The number of piperidine rings is 1. The number of hydrogen-bond donors (Lipinski definition) is 0. The summed E-state index contributed by atoms with van der Waals surface area (Å²) in [4.78, 5) is 55.7. The van der Waals surface area contributed by atoms with E-state index < -0.39 is 11.2 Å². The average Bonchev–Trinajstić information content (AvgIpc) is 3.68. The highest BCUT2D eigenvalue weighted by Crippen LogP contribution is 2.68. The fourth-order valence-electron chi connectivity index (χ4n) is 13.1. The summed E-state index contributed by atoms with van der Waals surface area (Å²) in [6.45, 7) is 10.8. The van der Waals surface area contributed by atoms with Gasteiger partial charge >= 0.3 is 11.9 Å². The third-order valence-electron chi connectivity index (χ3n) is 15.8. The van der Waals surface area contributed by atoms with Crippen LogP contribution in [0.25, 0.3) is 10.9 Å². The number of Topliss-reactive ketones (excluding diaryl/α,β-unsaturated/α-hetero) is 1. The number of esters is 2. The van der Waals surface area contributed by atoms with E-state index in [-0.39, 0.29) is 46.3 Å². The lowest BCUT2D eigenvalue weighted by Crippen LogP contribution is -2.59. The number of fused-ring (bicyclic) bond motifs is 7. The molecular formula is C48H58BrN3O7. The molecule has 10 nitrogen and oxygen atoms in total. The number of ketones is 2. The van der Waals surface area contributed by atoms with Gasteiger partial charge < -0.3 is 18.8 Å². The van der Waals surface area contributed by atoms with E-state index in [1.54, 1.807) is 19.2 Å². The minimum atomic E-state index is -0.990. The van der Waals surface area contributed by atoms with Crippen molar-refractivity contribution in [2.75, 3.05) is 27.3 Å². The summed E-state index contributed by atoms with van der Waals surface area (Å²) >= 11 is 3.35. The number of methoxy groups -OCH3 is 1. The molecular weight excluding hydrogens is 810 g/mol. The summed E-state index contributed by atoms with van der Waals surface area (Å²) in [5.41, 5.74) is 5.05. The first-order chi connectivity index (χ1) is 28.0. The quantitative estimate of drug-likeness (QED) is 0.225. The number of benzene rings is 1. The fraction of sp³-hybridized carbons (Fsp3) is 0.562. The van der Waals surface area contributed by atoms with E-state index in [0.29, 0.717) is 42.8 Å². The standard InChI is InChI=1S/C24H26BrN3O3.C24H32O4/c1-27-13-17-8-21-24(30-3,19-5-4-6-20(27)22(17)19)9-15(12-28(21)2)14-31-23(29)16-7-18(25)11-26-10-16;1-14-12-18-19(22(4)9-6-17(27)13-21(14)22)7-10-23(5)20(18)8-11-24(23,15(2)25)28-16(3)26/h4-7,10-11,13,15,21H,8-9,12,14H2,1-3H3;12-13,18-20H,6-11H2,1-5H3. The number of hydrogen-bond acceptors (Lipinski definition) is 9. The largest absolute Gasteiger partial charge is 0.462 e. The second-order valence-corrected chi connectivity index (χ2v) is 19.7. The first-order valence-corrected chi connectivity index (χ1v) is 22.0. The van der Waals surface area contributed by atoms with Crippen LogP contribution in [0.2, 0.25) is 0 Å². The molecule has 0 N–H and O–H groups in total. The molecule has 0 bridgehead atoms. The average molecular weight is 869 g/mol. The van der Waals surface area contributed by atoms with Gasteiger partial charge in [-0.05, 0) is 140 Å². The molecule has 2 aromatic heterocycles. The van der Waals surface area contributed by atoms with Crippen molar-refractivity contribution >= 4 is 50.3 Å². The molecule has 2 saturated carbocycles. The molecule has 6 aliphatic rings. The van der Waals surface area contributed by atoms with Crippen molar-refractivity contribution in [3.63, 3.8) is 0 Å². The zero-order chi connectivity index (χ0) is 42.2. The molecule has 1 saturated heterocycles. The molecule has 0 spiro atoms. The van der Waals surface area contributed by atoms with Crippen molar-refractivity contribution in [1.82, 2.24) is 14.5 Å². The number of rotatable bonds is 6. The van der Waals surface area contributed by atoms with Gasteiger partial charge in [-0.25, -0.2) is 4.79 Å². The van der Waals surface area contributed by atoms with Crippen molar-refractivity contribution in [3.05, 3.63) is 87.3 Å². The molecule has 1 aliphatic heterocycles. The molecule has 59 heavy (non-hydrogen) atoms. The predicted molar refractivity (Wildman–Crippen MR) is 228 cm³/mol. The summed E-state index contributed by atoms with van der Waals surface area (Å²) in [5, 5.41) is 1.31. The lowest BCUT2D eigenvalue weighted by molar-refractivity contribution is -0.185. The molecule has 3 heterocycles. The zero-order valence-corrected chi connectivity index (χ0v) is 37.3. The van der Waals surface area contributed by atoms with Gasteiger partial charge in [-0.2, -0.15) is 0 Å². The topological polar surface area (TPSA) is 117 Å². The van der Waals surface area contributed by atoms with Crippen molar-refractivity contribution in [2.45, 2.75) is 103 Å². The van der Waals surface area contributed by atoms with E-state index in [4.69, 9.17) is 14.2 Å². The first-order valence-electron chi connectivity index (χ1n) is 21.2. The van der Waals surface area contributed by atoms with Gasteiger partial charge in [0.15, 0.2) is 17.2 Å². The molecule has 314 valence electrons. The van der Waals surface area contributed by atoms with Crippen LogP contribution in [-0.2, 0) is 47.7 Å². The maximum atomic E-state index is 12.8. The normalized spacial score (nSPS) is 34.5. The molecule has 9 rings (SSSR count). The van der Waals surface area contributed by atoms with E-state index >= 15 is 0 Å². The van der Waals surface area contributed by atoms with E-state index in [9.17, 15) is 19.2 Å². The molecule has 3 aromatic rings. The summed E-state index contributed by atoms with van der Waals surface area (Å²) < 4.78 is 20.8. The van der Waals surface area contributed by atoms with Crippen molar-refractivity contribution in [1.29, 1.82) is 0 Å². The Balaban J connectivity index is 0.000000165. The Morgan fingerprint density at radius 2 is 1.80 bits per heavy atom. The minimum Gasteiger partial charge on any atom is -0.462 e. The summed E-state index contributed by atoms with van der Waals surface area (Å²) in [5.74, 6) is 0.855. The van der Waals surface area contributed by atoms with E-state index in [2.05, 4.69) is 95.7 Å². The van der Waals surface area contributed by atoms with Crippen LogP contribution < -0.4 is 0 Å². The highest BCUT2D eigenvalue weighted by Gasteiger charge is 2.67. The number of halogens is 1. The SMILES string of the molecule is CC(=O)OC1(C(C)=O)CCC2C3C=C(C)C4=CC(=O)CCC4(C)C3CCC21C.COC12CC(COC(=O)c3cncc(Br)c3)CN(C)C1Cc1cn(C)c3cccc2c13. The smallest absolute Gasteiger partial charge is 0.339 e. The molecule has 5 aliphatic carbocycles. The van der Waals surface area contributed by atoms with Gasteiger partial charge in [-0.3, -0.25) is 24.3 Å². The van der Waals surface area contributed by atoms with E-state index in [0.717, 1.165) is 49.5 Å². The van der Waals surface area contributed by atoms with Crippen LogP contribution in [0.15, 0.2) is 70.6 Å². The van der Waals surface area contributed by atoms with Crippen molar-refractivity contribution < 1.29 is 33.4 Å². The third-order valence-corrected chi connectivity index (χ3v) is 16.2. The highest BCUT2D eigenvalue weighted by molar-refractivity contribution is 9.10. The molecule has 0 radical (unpaired) electrons. The van der Waals surface area contributed by atoms with Crippen LogP contribution in [-0.4, -0.2) is 76.9 Å². The lowest BCUT2D eigenvalue weighted by atomic mass is 9.47. The zero-order valence-electron chi connectivity index (χ0n) is 35.7. The Kier molecular flexibility index (Phi) is 10.8. The molecule has 11 heteroatoms. The number of carbonyl (C=O) groups is 4. The molecule has 3 fully saturated rings. The Morgan fingerprint density at radius 3 is 2.51 bits per heavy atom. The van der Waals surface area contributed by atoms with Crippen LogP contribution >= 0.6 is 15.9 Å². The van der Waals surface area contributed by atoms with Gasteiger partial charge in [0.05, 0.1) is 12.2 Å². The number of likely N-dealkylation sites (tertiary alicyclic amines) is 1. The fourth-order valence-corrected chi connectivity index (χ4v) is 13.5. The minimum absolute atomic E-state index is 0.0160. The first kappa shape index (κ1) is 41.8. The van der Waals surface area contributed by atoms with Gasteiger partial charge in [0.2, 0.25) is 0 Å². The number of aromatic nitrogens is 2. The van der Waals surface area contributed by atoms with Crippen LogP contribution in [0, 0.1) is 34.5 Å². The number of aryl methyl sites for hydroxylation is 1. The second kappa shape index (κ2) is 15.2. The van der Waals surface area contributed by atoms with Crippen LogP contribution in [0.5, 0.6) is 0 Å². The number of likely N-dealkylation sites (N-methyl/N-ethyl adjacent to an activating group) is 1. The Labute approximate surface area is 356 Å². The Morgan fingerprint density at radius 1 is 1.03 bits per heavy atom. The van der Waals surface area contributed by atoms with Crippen molar-refractivity contribution in [3.8, 4) is 0 Å². The van der Waals surface area contributed by atoms with Crippen molar-refractivity contribution in [2.24, 2.45) is 41.5 Å². The molecule has 0 amide bonds. The second-order valence-electron chi connectivity index (χ2n) is 18.8. The maximum absolute atomic E-state index is 12.8. The van der Waals surface area contributed by atoms with Gasteiger partial charge in [0, 0.05) is 85.4 Å². The molecule has 9 unspecified atom stereocenters. The third kappa shape index (κ3) is 6.60. The number of nitrogens with zero attached hydrogens (tertiary/aromatic N) is 3. The molecule has 9 atom stereocenters. The van der Waals surface area contributed by atoms with Crippen LogP contribution in [0.3, 0.4) is 0 Å². The number of carbonyl (C=O) groups excluding carboxylic acids is 4. The number of ether oxygens (including phenoxy) is 3. The Hall–Kier alpha value is -3.93. The van der Waals surface area contributed by atoms with Gasteiger partial charge in [-0.1, -0.05) is 37.6 Å². The monoisotopic (exact) mass is 867 g/mol. The van der Waals surface area contributed by atoms with Gasteiger partial charge in [0.25, 0.3) is 0 Å². The Bertz CT molecular complexity index is 2300. The number of pyridine rings is 1. The lowest BCUT2D eigenvalue weighted by Gasteiger charge is -2.58.